The van der Waals surface area contributed by atoms with Crippen LogP contribution in [0.5, 0.6) is 0 Å². The van der Waals surface area contributed by atoms with Crippen molar-refractivity contribution in [1.82, 2.24) is 15.1 Å². The van der Waals surface area contributed by atoms with Crippen LogP contribution in [0.25, 0.3) is 11.5 Å². The molecule has 2 aromatic rings. The number of halogens is 1. The van der Waals surface area contributed by atoms with Crippen LogP contribution >= 0.6 is 0 Å². The molecule has 1 fully saturated rings. The maximum atomic E-state index is 12.5. The monoisotopic (exact) mass is 319 g/mol. The molecule has 1 atom stereocenters. The van der Waals surface area contributed by atoms with Crippen LogP contribution in [0.15, 0.2) is 28.7 Å². The summed E-state index contributed by atoms with van der Waals surface area (Å²) in [5.41, 5.74) is 0.941. The number of likely N-dealkylation sites (tertiary alicyclic amines) is 1. The molecular weight excluding hydrogens is 301 g/mol. The number of hydrogen-bond acceptors (Lipinski definition) is 6. The lowest BCUT2D eigenvalue weighted by molar-refractivity contribution is 0.0322. The number of carbonyl (C=O) groups is 1. The number of esters is 1. The van der Waals surface area contributed by atoms with Gasteiger partial charge < -0.3 is 9.15 Å². The Bertz CT molecular complexity index is 689. The zero-order chi connectivity index (χ0) is 16.2. The fourth-order valence-electron chi connectivity index (χ4n) is 2.68. The summed E-state index contributed by atoms with van der Waals surface area (Å²) in [6, 6.07) is 6.97. The number of alkyl halides is 1. The lowest BCUT2D eigenvalue weighted by atomic mass is 10.1. The molecule has 0 aliphatic carbocycles. The Balaban J connectivity index is 1.73. The third kappa shape index (κ3) is 3.56. The Morgan fingerprint density at radius 2 is 2.26 bits per heavy atom. The van der Waals surface area contributed by atoms with Crippen molar-refractivity contribution in [1.29, 1.82) is 0 Å². The number of carbonyl (C=O) groups excluding carboxylic acids is 1. The molecule has 23 heavy (non-hydrogen) atoms. The molecule has 1 aromatic heterocycles. The van der Waals surface area contributed by atoms with E-state index in [2.05, 4.69) is 10.2 Å². The number of aromatic nitrogens is 2. The smallest absolute Gasteiger partial charge is 0.339 e. The molecule has 0 N–H and O–H groups in total. The van der Waals surface area contributed by atoms with Crippen molar-refractivity contribution in [3.05, 3.63) is 35.7 Å². The van der Waals surface area contributed by atoms with Crippen molar-refractivity contribution < 1.29 is 18.3 Å². The summed E-state index contributed by atoms with van der Waals surface area (Å²) in [6.07, 6.45) is 0.500. The van der Waals surface area contributed by atoms with E-state index >= 15 is 0 Å². The van der Waals surface area contributed by atoms with E-state index in [-0.39, 0.29) is 12.8 Å². The average molecular weight is 319 g/mol. The van der Waals surface area contributed by atoms with Crippen LogP contribution in [0.4, 0.5) is 4.39 Å². The molecule has 0 amide bonds. The van der Waals surface area contributed by atoms with E-state index in [1.165, 1.54) is 0 Å². The van der Waals surface area contributed by atoms with Crippen LogP contribution in [0, 0.1) is 6.92 Å². The first kappa shape index (κ1) is 15.6. The van der Waals surface area contributed by atoms with Gasteiger partial charge in [-0.3, -0.25) is 4.90 Å². The van der Waals surface area contributed by atoms with E-state index in [4.69, 9.17) is 9.15 Å². The van der Waals surface area contributed by atoms with E-state index in [1.54, 1.807) is 31.2 Å². The molecule has 0 bridgehead atoms. The molecule has 0 saturated carbocycles. The van der Waals surface area contributed by atoms with Gasteiger partial charge >= 0.3 is 5.97 Å². The number of nitrogens with zero attached hydrogens (tertiary/aromatic N) is 3. The maximum Gasteiger partial charge on any atom is 0.339 e. The van der Waals surface area contributed by atoms with E-state index in [0.29, 0.717) is 42.4 Å². The summed E-state index contributed by atoms with van der Waals surface area (Å²) >= 11 is 0. The number of aryl methyl sites for hydroxylation is 1. The van der Waals surface area contributed by atoms with Gasteiger partial charge in [0.2, 0.25) is 11.8 Å². The number of ether oxygens (including phenoxy) is 1. The summed E-state index contributed by atoms with van der Waals surface area (Å²) in [7, 11) is 0. The molecule has 0 spiro atoms. The zero-order valence-electron chi connectivity index (χ0n) is 12.9. The van der Waals surface area contributed by atoms with E-state index in [1.807, 2.05) is 4.90 Å². The Kier molecular flexibility index (Phi) is 4.66. The molecule has 1 aliphatic rings. The third-order valence-electron chi connectivity index (χ3n) is 3.81. The van der Waals surface area contributed by atoms with Crippen molar-refractivity contribution in [3.63, 3.8) is 0 Å². The van der Waals surface area contributed by atoms with E-state index in [0.717, 1.165) is 6.54 Å². The summed E-state index contributed by atoms with van der Waals surface area (Å²) in [6.45, 7) is 2.99. The molecule has 3 rings (SSSR count). The molecule has 0 unspecified atom stereocenters. The molecule has 122 valence electrons. The van der Waals surface area contributed by atoms with Gasteiger partial charge in [-0.05, 0) is 18.6 Å². The predicted molar refractivity (Wildman–Crippen MR) is 80.7 cm³/mol. The molecular formula is C16H18FN3O3. The number of benzene rings is 1. The Morgan fingerprint density at radius 3 is 3.00 bits per heavy atom. The van der Waals surface area contributed by atoms with Crippen LogP contribution < -0.4 is 0 Å². The van der Waals surface area contributed by atoms with Crippen molar-refractivity contribution in [2.24, 2.45) is 0 Å². The standard InChI is InChI=1S/C16H18FN3O3/c1-11-18-19-15(22-11)13-4-2-3-5-14(13)16(21)23-12-6-8-20(10-12)9-7-17/h2-5,12H,6-10H2,1H3/t12-/m1/s1. The minimum absolute atomic E-state index is 0.216. The summed E-state index contributed by atoms with van der Waals surface area (Å²) < 4.78 is 23.3. The molecule has 1 aliphatic heterocycles. The minimum atomic E-state index is -0.427. The van der Waals surface area contributed by atoms with Crippen molar-refractivity contribution in [2.75, 3.05) is 26.3 Å². The normalized spacial score (nSPS) is 18.3. The number of hydrogen-bond donors (Lipinski definition) is 0. The van der Waals surface area contributed by atoms with Crippen molar-refractivity contribution >= 4 is 5.97 Å². The molecule has 0 radical (unpaired) electrons. The second-order valence-electron chi connectivity index (χ2n) is 5.48. The SMILES string of the molecule is Cc1nnc(-c2ccccc2C(=O)O[C@@H]2CCN(CCF)C2)o1. The summed E-state index contributed by atoms with van der Waals surface area (Å²) in [5.74, 6) is 0.296. The van der Waals surface area contributed by atoms with Crippen LogP contribution in [0.1, 0.15) is 22.7 Å². The quantitative estimate of drug-likeness (QED) is 0.787. The molecule has 2 heterocycles. The van der Waals surface area contributed by atoms with Gasteiger partial charge in [-0.25, -0.2) is 9.18 Å². The first-order chi connectivity index (χ1) is 11.2. The Morgan fingerprint density at radius 1 is 1.43 bits per heavy atom. The summed E-state index contributed by atoms with van der Waals surface area (Å²) in [4.78, 5) is 14.4. The highest BCUT2D eigenvalue weighted by atomic mass is 19.1. The zero-order valence-corrected chi connectivity index (χ0v) is 12.9. The lowest BCUT2D eigenvalue weighted by Gasteiger charge is -2.15. The van der Waals surface area contributed by atoms with Gasteiger partial charge in [-0.2, -0.15) is 0 Å². The van der Waals surface area contributed by atoms with Crippen molar-refractivity contribution in [3.8, 4) is 11.5 Å². The first-order valence-electron chi connectivity index (χ1n) is 7.56. The molecule has 7 heteroatoms. The van der Waals surface area contributed by atoms with Crippen LogP contribution in [-0.2, 0) is 4.74 Å². The van der Waals surface area contributed by atoms with Gasteiger partial charge in [0, 0.05) is 26.6 Å². The Labute approximate surface area is 133 Å². The highest BCUT2D eigenvalue weighted by Gasteiger charge is 2.27. The topological polar surface area (TPSA) is 68.5 Å². The highest BCUT2D eigenvalue weighted by Crippen LogP contribution is 2.24. The third-order valence-corrected chi connectivity index (χ3v) is 3.81. The molecule has 1 saturated heterocycles. The second kappa shape index (κ2) is 6.87. The van der Waals surface area contributed by atoms with Crippen LogP contribution in [0.2, 0.25) is 0 Å². The highest BCUT2D eigenvalue weighted by molar-refractivity contribution is 5.96. The van der Waals surface area contributed by atoms with Gasteiger partial charge in [-0.1, -0.05) is 12.1 Å². The molecule has 6 nitrogen and oxygen atoms in total. The first-order valence-corrected chi connectivity index (χ1v) is 7.56. The predicted octanol–water partition coefficient (Wildman–Crippen LogP) is 2.25. The van der Waals surface area contributed by atoms with Gasteiger partial charge in [0.15, 0.2) is 0 Å². The fraction of sp³-hybridized carbons (Fsp3) is 0.438. The van der Waals surface area contributed by atoms with Gasteiger partial charge in [0.05, 0.1) is 11.1 Å². The van der Waals surface area contributed by atoms with E-state index in [9.17, 15) is 9.18 Å². The fourth-order valence-corrected chi connectivity index (χ4v) is 2.68. The average Bonchev–Trinajstić information content (AvgIpc) is 3.17. The minimum Gasteiger partial charge on any atom is -0.457 e. The number of rotatable bonds is 5. The molecule has 1 aromatic carbocycles. The van der Waals surface area contributed by atoms with Crippen molar-refractivity contribution in [2.45, 2.75) is 19.4 Å². The van der Waals surface area contributed by atoms with Gasteiger partial charge in [-0.15, -0.1) is 10.2 Å². The summed E-state index contributed by atoms with van der Waals surface area (Å²) in [5, 5.41) is 7.74. The Hall–Kier alpha value is -2.28. The second-order valence-corrected chi connectivity index (χ2v) is 5.48. The van der Waals surface area contributed by atoms with Gasteiger partial charge in [0.1, 0.15) is 12.8 Å². The van der Waals surface area contributed by atoms with Crippen LogP contribution in [-0.4, -0.2) is 53.5 Å². The largest absolute Gasteiger partial charge is 0.457 e. The van der Waals surface area contributed by atoms with Gasteiger partial charge in [0.25, 0.3) is 0 Å². The lowest BCUT2D eigenvalue weighted by Crippen LogP contribution is -2.26. The maximum absolute atomic E-state index is 12.5. The van der Waals surface area contributed by atoms with Crippen LogP contribution in [0.3, 0.4) is 0 Å². The van der Waals surface area contributed by atoms with E-state index < -0.39 is 5.97 Å².